The first-order valence-corrected chi connectivity index (χ1v) is 15.3. The van der Waals surface area contributed by atoms with E-state index in [4.69, 9.17) is 38.1 Å². The molecule has 5 rings (SSSR count). The van der Waals surface area contributed by atoms with Gasteiger partial charge in [0.2, 0.25) is 5.75 Å². The van der Waals surface area contributed by atoms with Crippen LogP contribution in [0, 0.1) is 0 Å². The van der Waals surface area contributed by atoms with E-state index in [0.717, 1.165) is 44.8 Å². The Balaban J connectivity index is 1.15. The van der Waals surface area contributed by atoms with Gasteiger partial charge in [0, 0.05) is 5.56 Å². The fourth-order valence-corrected chi connectivity index (χ4v) is 5.75. The minimum absolute atomic E-state index is 0.521. The maximum atomic E-state index is 6.11. The fourth-order valence-electron chi connectivity index (χ4n) is 4.78. The Morgan fingerprint density at radius 2 is 1.20 bits per heavy atom. The summed E-state index contributed by atoms with van der Waals surface area (Å²) in [7, 11) is 8.08. The molecule has 1 heterocycles. The Kier molecular flexibility index (Phi) is 10.7. The third-order valence-electron chi connectivity index (χ3n) is 7.10. The first-order valence-electron chi connectivity index (χ1n) is 14.5. The second-order valence-electron chi connectivity index (χ2n) is 9.96. The van der Waals surface area contributed by atoms with E-state index >= 15 is 0 Å². The van der Waals surface area contributed by atoms with Crippen molar-refractivity contribution in [2.75, 3.05) is 48.8 Å². The summed E-state index contributed by atoms with van der Waals surface area (Å²) in [5.74, 6) is 4.49. The predicted octanol–water partition coefficient (Wildman–Crippen LogP) is 8.41. The number of benzene rings is 4. The minimum Gasteiger partial charge on any atom is -0.493 e. The van der Waals surface area contributed by atoms with Gasteiger partial charge in [-0.1, -0.05) is 30.4 Å². The number of hydrogen-bond acceptors (Lipinski definition) is 9. The van der Waals surface area contributed by atoms with Crippen LogP contribution in [0.1, 0.15) is 24.0 Å². The summed E-state index contributed by atoms with van der Waals surface area (Å²) < 4.78 is 40.8. The van der Waals surface area contributed by atoms with Crippen LogP contribution in [0.3, 0.4) is 0 Å². The van der Waals surface area contributed by atoms with Gasteiger partial charge in [-0.05, 0) is 78.6 Å². The summed E-state index contributed by atoms with van der Waals surface area (Å²) in [5.41, 5.74) is 3.87. The molecule has 0 spiro atoms. The lowest BCUT2D eigenvalue weighted by atomic mass is 10.1. The fraction of sp³-hybridized carbons (Fsp3) is 0.250. The molecule has 0 saturated carbocycles. The van der Waals surface area contributed by atoms with E-state index in [1.807, 2.05) is 78.9 Å². The standard InChI is InChI=1S/C36H37NO7S/c1-38-28-16-14-24(12-13-25-21-32(40-3)35(42-5)33(22-25)41-4)20-31(28)44-19-9-8-18-43-29-17-15-26(23-30(29)39-2)36-37-27-10-6-7-11-34(27)45-36/h6-7,10-17,20-23H,8-9,18-19H2,1-5H3/b13-12-. The van der Waals surface area contributed by atoms with Crippen molar-refractivity contribution < 1.29 is 33.2 Å². The van der Waals surface area contributed by atoms with Gasteiger partial charge in [0.05, 0.1) is 59.0 Å². The summed E-state index contributed by atoms with van der Waals surface area (Å²) >= 11 is 1.66. The number of para-hydroxylation sites is 1. The lowest BCUT2D eigenvalue weighted by Crippen LogP contribution is -2.04. The van der Waals surface area contributed by atoms with Crippen LogP contribution in [0.4, 0.5) is 0 Å². The van der Waals surface area contributed by atoms with E-state index in [1.54, 1.807) is 46.9 Å². The zero-order chi connectivity index (χ0) is 31.6. The Morgan fingerprint density at radius 1 is 0.578 bits per heavy atom. The number of ether oxygens (including phenoxy) is 7. The molecule has 9 heteroatoms. The molecule has 4 aromatic carbocycles. The predicted molar refractivity (Wildman–Crippen MR) is 180 cm³/mol. The molecule has 0 aliphatic rings. The second-order valence-corrected chi connectivity index (χ2v) is 11.0. The van der Waals surface area contributed by atoms with E-state index in [0.29, 0.717) is 53.5 Å². The zero-order valence-corrected chi connectivity index (χ0v) is 26.9. The first kappa shape index (κ1) is 31.5. The molecule has 0 saturated heterocycles. The van der Waals surface area contributed by atoms with E-state index < -0.39 is 0 Å². The minimum atomic E-state index is 0.521. The van der Waals surface area contributed by atoms with Gasteiger partial charge in [0.1, 0.15) is 5.01 Å². The second kappa shape index (κ2) is 15.2. The van der Waals surface area contributed by atoms with Crippen molar-refractivity contribution in [1.29, 1.82) is 0 Å². The number of methoxy groups -OCH3 is 5. The molecule has 0 unspecified atom stereocenters. The highest BCUT2D eigenvalue weighted by Gasteiger charge is 2.13. The number of unbranched alkanes of at least 4 members (excludes halogenated alkanes) is 1. The van der Waals surface area contributed by atoms with Gasteiger partial charge in [-0.2, -0.15) is 0 Å². The zero-order valence-electron chi connectivity index (χ0n) is 26.1. The van der Waals surface area contributed by atoms with E-state index in [-0.39, 0.29) is 0 Å². The Morgan fingerprint density at radius 3 is 1.87 bits per heavy atom. The number of nitrogens with zero attached hydrogens (tertiary/aromatic N) is 1. The lowest BCUT2D eigenvalue weighted by Gasteiger charge is -2.13. The normalized spacial score (nSPS) is 11.0. The number of hydrogen-bond donors (Lipinski definition) is 0. The number of rotatable bonds is 15. The largest absolute Gasteiger partial charge is 0.493 e. The molecular formula is C36H37NO7S. The van der Waals surface area contributed by atoms with Gasteiger partial charge in [0.25, 0.3) is 0 Å². The molecular weight excluding hydrogens is 590 g/mol. The van der Waals surface area contributed by atoms with Crippen LogP contribution in [-0.4, -0.2) is 53.7 Å². The van der Waals surface area contributed by atoms with E-state index in [2.05, 4.69) is 6.07 Å². The van der Waals surface area contributed by atoms with Crippen LogP contribution in [0.15, 0.2) is 72.8 Å². The van der Waals surface area contributed by atoms with Gasteiger partial charge in [-0.15, -0.1) is 11.3 Å². The molecule has 234 valence electrons. The van der Waals surface area contributed by atoms with Gasteiger partial charge in [-0.25, -0.2) is 4.98 Å². The first-order chi connectivity index (χ1) is 22.1. The van der Waals surface area contributed by atoms with Crippen LogP contribution >= 0.6 is 11.3 Å². The monoisotopic (exact) mass is 627 g/mol. The highest BCUT2D eigenvalue weighted by atomic mass is 32.1. The molecule has 0 amide bonds. The molecule has 0 aliphatic heterocycles. The summed E-state index contributed by atoms with van der Waals surface area (Å²) in [6, 6.07) is 23.7. The smallest absolute Gasteiger partial charge is 0.203 e. The molecule has 0 radical (unpaired) electrons. The van der Waals surface area contributed by atoms with Crippen molar-refractivity contribution >= 4 is 33.7 Å². The Bertz CT molecular complexity index is 1710. The highest BCUT2D eigenvalue weighted by Crippen LogP contribution is 2.39. The van der Waals surface area contributed by atoms with Gasteiger partial charge in [-0.3, -0.25) is 0 Å². The van der Waals surface area contributed by atoms with Crippen LogP contribution in [0.25, 0.3) is 32.9 Å². The summed E-state index contributed by atoms with van der Waals surface area (Å²) in [4.78, 5) is 4.75. The molecule has 5 aromatic rings. The molecule has 8 nitrogen and oxygen atoms in total. The van der Waals surface area contributed by atoms with Gasteiger partial charge < -0.3 is 33.2 Å². The molecule has 0 N–H and O–H groups in total. The van der Waals surface area contributed by atoms with Gasteiger partial charge >= 0.3 is 0 Å². The quantitative estimate of drug-likeness (QED) is 0.0846. The third kappa shape index (κ3) is 7.61. The third-order valence-corrected chi connectivity index (χ3v) is 8.19. The SMILES string of the molecule is COc1cc(-c2nc3ccccc3s2)ccc1OCCCCOc1cc(/C=C\c2cc(OC)c(OC)c(OC)c2)ccc1OC. The van der Waals surface area contributed by atoms with Crippen LogP contribution in [0.5, 0.6) is 40.2 Å². The van der Waals surface area contributed by atoms with Crippen molar-refractivity contribution in [3.8, 4) is 50.8 Å². The average molecular weight is 628 g/mol. The Hall–Kier alpha value is -4.89. The van der Waals surface area contributed by atoms with Crippen molar-refractivity contribution in [3.05, 3.63) is 83.9 Å². The topological polar surface area (TPSA) is 77.5 Å². The maximum absolute atomic E-state index is 6.11. The number of thiazole rings is 1. The van der Waals surface area contributed by atoms with Crippen molar-refractivity contribution in [1.82, 2.24) is 4.98 Å². The van der Waals surface area contributed by atoms with E-state index in [1.165, 1.54) is 0 Å². The number of fused-ring (bicyclic) bond motifs is 1. The summed E-state index contributed by atoms with van der Waals surface area (Å²) in [6.45, 7) is 1.06. The van der Waals surface area contributed by atoms with Crippen LogP contribution in [-0.2, 0) is 0 Å². The molecule has 0 atom stereocenters. The summed E-state index contributed by atoms with van der Waals surface area (Å²) in [6.07, 6.45) is 5.59. The maximum Gasteiger partial charge on any atom is 0.203 e. The van der Waals surface area contributed by atoms with E-state index in [9.17, 15) is 0 Å². The van der Waals surface area contributed by atoms with Crippen LogP contribution < -0.4 is 33.2 Å². The van der Waals surface area contributed by atoms with Crippen molar-refractivity contribution in [3.63, 3.8) is 0 Å². The van der Waals surface area contributed by atoms with Crippen molar-refractivity contribution in [2.45, 2.75) is 12.8 Å². The molecule has 0 fully saturated rings. The van der Waals surface area contributed by atoms with Gasteiger partial charge in [0.15, 0.2) is 34.5 Å². The molecule has 0 aliphatic carbocycles. The lowest BCUT2D eigenvalue weighted by molar-refractivity contribution is 0.252. The van der Waals surface area contributed by atoms with Crippen LogP contribution in [0.2, 0.25) is 0 Å². The molecule has 0 bridgehead atoms. The highest BCUT2D eigenvalue weighted by molar-refractivity contribution is 7.21. The molecule has 1 aromatic heterocycles. The average Bonchev–Trinajstić information content (AvgIpc) is 3.53. The van der Waals surface area contributed by atoms with Crippen molar-refractivity contribution in [2.24, 2.45) is 0 Å². The summed E-state index contributed by atoms with van der Waals surface area (Å²) in [5, 5.41) is 0.953. The Labute approximate surface area is 267 Å². The number of aromatic nitrogens is 1. The molecule has 45 heavy (non-hydrogen) atoms.